The number of fused-ring (bicyclic) bond motifs is 2. The second-order valence-corrected chi connectivity index (χ2v) is 6.83. The molecule has 0 aromatic carbocycles. The summed E-state index contributed by atoms with van der Waals surface area (Å²) in [6.45, 7) is 6.10. The molecule has 1 atom stereocenters. The Labute approximate surface area is 129 Å². The third-order valence-electron chi connectivity index (χ3n) is 4.41. The summed E-state index contributed by atoms with van der Waals surface area (Å²) in [7, 11) is 0. The molecule has 0 radical (unpaired) electrons. The van der Waals surface area contributed by atoms with Crippen molar-refractivity contribution < 1.29 is 0 Å². The van der Waals surface area contributed by atoms with Crippen LogP contribution in [0.2, 0.25) is 0 Å². The molecule has 2 aliphatic rings. The van der Waals surface area contributed by atoms with E-state index in [0.717, 1.165) is 32.0 Å². The van der Waals surface area contributed by atoms with Gasteiger partial charge in [0.2, 0.25) is 0 Å². The van der Waals surface area contributed by atoms with Gasteiger partial charge in [-0.05, 0) is 25.8 Å². The third kappa shape index (κ3) is 2.36. The van der Waals surface area contributed by atoms with Gasteiger partial charge in [-0.25, -0.2) is 9.97 Å². The molecule has 2 aromatic heterocycles. The first-order chi connectivity index (χ1) is 10.3. The Balaban J connectivity index is 1.60. The number of anilines is 1. The van der Waals surface area contributed by atoms with E-state index >= 15 is 0 Å². The molecule has 0 bridgehead atoms. The molecule has 21 heavy (non-hydrogen) atoms. The summed E-state index contributed by atoms with van der Waals surface area (Å²) in [5.74, 6) is 1.15. The van der Waals surface area contributed by atoms with Gasteiger partial charge in [0, 0.05) is 30.4 Å². The lowest BCUT2D eigenvalue weighted by Gasteiger charge is -2.27. The Morgan fingerprint density at radius 1 is 1.43 bits per heavy atom. The van der Waals surface area contributed by atoms with Crippen LogP contribution in [0, 0.1) is 0 Å². The number of aromatic nitrogens is 3. The zero-order valence-corrected chi connectivity index (χ0v) is 13.2. The summed E-state index contributed by atoms with van der Waals surface area (Å²) in [4.78, 5) is 13.3. The number of thiazole rings is 1. The van der Waals surface area contributed by atoms with Gasteiger partial charge in [-0.15, -0.1) is 11.3 Å². The van der Waals surface area contributed by atoms with Crippen LogP contribution in [0.15, 0.2) is 12.4 Å². The lowest BCUT2D eigenvalue weighted by Crippen LogP contribution is -2.33. The first kappa shape index (κ1) is 13.3. The summed E-state index contributed by atoms with van der Waals surface area (Å²) in [6, 6.07) is 0.454. The Kier molecular flexibility index (Phi) is 3.43. The number of hydrogen-bond acceptors (Lipinski definition) is 5. The van der Waals surface area contributed by atoms with Crippen molar-refractivity contribution in [1.82, 2.24) is 19.9 Å². The van der Waals surface area contributed by atoms with Crippen molar-refractivity contribution in [1.29, 1.82) is 0 Å². The highest BCUT2D eigenvalue weighted by atomic mass is 32.1. The molecule has 6 heteroatoms. The number of hydrogen-bond donors (Lipinski definition) is 1. The second-order valence-electron chi connectivity index (χ2n) is 5.77. The number of nitrogens with zero attached hydrogens (tertiary/aromatic N) is 4. The Hall–Kier alpha value is -1.40. The summed E-state index contributed by atoms with van der Waals surface area (Å²) in [5.41, 5.74) is 1.30. The fourth-order valence-electron chi connectivity index (χ4n) is 3.32. The minimum atomic E-state index is 0.454. The topological polar surface area (TPSA) is 46.0 Å². The van der Waals surface area contributed by atoms with Crippen molar-refractivity contribution in [2.75, 3.05) is 18.0 Å². The zero-order valence-electron chi connectivity index (χ0n) is 12.4. The van der Waals surface area contributed by atoms with Gasteiger partial charge in [0.1, 0.15) is 5.82 Å². The largest absolute Gasteiger partial charge is 0.339 e. The van der Waals surface area contributed by atoms with Crippen LogP contribution in [0.4, 0.5) is 5.13 Å². The Morgan fingerprint density at radius 2 is 2.38 bits per heavy atom. The van der Waals surface area contributed by atoms with E-state index < -0.39 is 0 Å². The molecule has 1 unspecified atom stereocenters. The smallest absolute Gasteiger partial charge is 0.186 e. The molecule has 1 N–H and O–H groups in total. The monoisotopic (exact) mass is 303 g/mol. The molecule has 3 heterocycles. The van der Waals surface area contributed by atoms with Crippen molar-refractivity contribution in [3.05, 3.63) is 28.8 Å². The SMILES string of the molecule is CCNC1CCCc2sc(N3CCn4ccnc4C3)nc21. The normalized spacial score (nSPS) is 21.2. The maximum absolute atomic E-state index is 4.98. The number of imidazole rings is 1. The average Bonchev–Trinajstić information content (AvgIpc) is 3.13. The fraction of sp³-hybridized carbons (Fsp3) is 0.600. The van der Waals surface area contributed by atoms with Crippen molar-refractivity contribution >= 4 is 16.5 Å². The quantitative estimate of drug-likeness (QED) is 0.945. The molecule has 5 nitrogen and oxygen atoms in total. The van der Waals surface area contributed by atoms with Crippen LogP contribution in [0.5, 0.6) is 0 Å². The number of nitrogens with one attached hydrogen (secondary N) is 1. The third-order valence-corrected chi connectivity index (χ3v) is 5.60. The Morgan fingerprint density at radius 3 is 3.29 bits per heavy atom. The van der Waals surface area contributed by atoms with Crippen LogP contribution in [0.25, 0.3) is 0 Å². The first-order valence-electron chi connectivity index (χ1n) is 7.83. The van der Waals surface area contributed by atoms with Gasteiger partial charge in [0.25, 0.3) is 0 Å². The minimum absolute atomic E-state index is 0.454. The highest BCUT2D eigenvalue weighted by Gasteiger charge is 2.27. The first-order valence-corrected chi connectivity index (χ1v) is 8.64. The van der Waals surface area contributed by atoms with E-state index in [-0.39, 0.29) is 0 Å². The van der Waals surface area contributed by atoms with Gasteiger partial charge < -0.3 is 14.8 Å². The highest BCUT2D eigenvalue weighted by Crippen LogP contribution is 2.37. The molecule has 0 spiro atoms. The summed E-state index contributed by atoms with van der Waals surface area (Å²) in [6.07, 6.45) is 7.65. The fourth-order valence-corrected chi connectivity index (χ4v) is 4.51. The van der Waals surface area contributed by atoms with Gasteiger partial charge in [-0.1, -0.05) is 6.92 Å². The van der Waals surface area contributed by atoms with Crippen LogP contribution >= 0.6 is 11.3 Å². The molecule has 0 fully saturated rings. The van der Waals surface area contributed by atoms with E-state index in [1.165, 1.54) is 35.0 Å². The van der Waals surface area contributed by atoms with Gasteiger partial charge in [0.15, 0.2) is 5.13 Å². The maximum atomic E-state index is 4.98. The highest BCUT2D eigenvalue weighted by molar-refractivity contribution is 7.15. The van der Waals surface area contributed by atoms with Crippen LogP contribution in [-0.4, -0.2) is 27.6 Å². The summed E-state index contributed by atoms with van der Waals surface area (Å²) in [5, 5.41) is 4.76. The molecular weight excluding hydrogens is 282 g/mol. The van der Waals surface area contributed by atoms with Crippen LogP contribution < -0.4 is 10.2 Å². The second kappa shape index (κ2) is 5.42. The van der Waals surface area contributed by atoms with Gasteiger partial charge >= 0.3 is 0 Å². The molecule has 0 amide bonds. The van der Waals surface area contributed by atoms with Crippen LogP contribution in [0.3, 0.4) is 0 Å². The van der Waals surface area contributed by atoms with Crippen molar-refractivity contribution in [2.45, 2.75) is 45.3 Å². The molecule has 2 aromatic rings. The van der Waals surface area contributed by atoms with E-state index in [1.54, 1.807) is 0 Å². The summed E-state index contributed by atoms with van der Waals surface area (Å²) >= 11 is 1.89. The van der Waals surface area contributed by atoms with E-state index in [4.69, 9.17) is 4.98 Å². The lowest BCUT2D eigenvalue weighted by atomic mass is 9.98. The van der Waals surface area contributed by atoms with E-state index in [2.05, 4.69) is 32.9 Å². The van der Waals surface area contributed by atoms with Gasteiger partial charge in [0.05, 0.1) is 18.3 Å². The molecule has 1 aliphatic heterocycles. The predicted molar refractivity (Wildman–Crippen MR) is 84.7 cm³/mol. The minimum Gasteiger partial charge on any atom is -0.339 e. The number of rotatable bonds is 3. The van der Waals surface area contributed by atoms with E-state index in [0.29, 0.717) is 6.04 Å². The molecule has 0 saturated heterocycles. The van der Waals surface area contributed by atoms with Gasteiger partial charge in [-0.2, -0.15) is 0 Å². The van der Waals surface area contributed by atoms with Crippen molar-refractivity contribution in [3.8, 4) is 0 Å². The standard InChI is InChI=1S/C15H21N5S/c1-2-16-11-4-3-5-12-14(11)18-15(21-12)20-9-8-19-7-6-17-13(19)10-20/h6-7,11,16H,2-5,8-10H2,1H3. The lowest BCUT2D eigenvalue weighted by molar-refractivity contribution is 0.465. The van der Waals surface area contributed by atoms with E-state index in [9.17, 15) is 0 Å². The molecule has 1 aliphatic carbocycles. The molecular formula is C15H21N5S. The Bertz CT molecular complexity index is 632. The van der Waals surface area contributed by atoms with Crippen molar-refractivity contribution in [2.24, 2.45) is 0 Å². The van der Waals surface area contributed by atoms with E-state index in [1.807, 2.05) is 17.5 Å². The maximum Gasteiger partial charge on any atom is 0.186 e. The predicted octanol–water partition coefficient (Wildman–Crippen LogP) is 2.35. The zero-order chi connectivity index (χ0) is 14.2. The van der Waals surface area contributed by atoms with Crippen molar-refractivity contribution in [3.63, 3.8) is 0 Å². The average molecular weight is 303 g/mol. The number of aryl methyl sites for hydroxylation is 1. The van der Waals surface area contributed by atoms with Gasteiger partial charge in [-0.3, -0.25) is 0 Å². The molecule has 4 rings (SSSR count). The molecule has 112 valence electrons. The van der Waals surface area contributed by atoms with Crippen LogP contribution in [-0.2, 0) is 19.5 Å². The molecule has 0 saturated carbocycles. The van der Waals surface area contributed by atoms with Crippen LogP contribution in [0.1, 0.15) is 42.2 Å². The summed E-state index contributed by atoms with van der Waals surface area (Å²) < 4.78 is 2.24.